The number of aryl methyl sites for hydroxylation is 1. The van der Waals surface area contributed by atoms with Crippen molar-refractivity contribution in [2.45, 2.75) is 43.0 Å². The van der Waals surface area contributed by atoms with Gasteiger partial charge in [0.1, 0.15) is 16.7 Å². The average molecular weight is 322 g/mol. The van der Waals surface area contributed by atoms with Gasteiger partial charge in [-0.3, -0.25) is 0 Å². The summed E-state index contributed by atoms with van der Waals surface area (Å²) in [6.45, 7) is 5.21. The summed E-state index contributed by atoms with van der Waals surface area (Å²) in [5.74, 6) is 1.81. The van der Waals surface area contributed by atoms with Gasteiger partial charge in [-0.05, 0) is 37.1 Å². The van der Waals surface area contributed by atoms with E-state index in [1.54, 1.807) is 11.8 Å². The molecule has 0 aliphatic carbocycles. The third-order valence-corrected chi connectivity index (χ3v) is 3.99. The Morgan fingerprint density at radius 1 is 1.10 bits per heavy atom. The SMILES string of the molecule is CCCNc1cc(Sc2ccc(Cl)cc2)nc(CCC)n1. The molecule has 0 bridgehead atoms. The van der Waals surface area contributed by atoms with E-state index in [9.17, 15) is 0 Å². The lowest BCUT2D eigenvalue weighted by molar-refractivity contribution is 0.807. The van der Waals surface area contributed by atoms with Crippen LogP contribution in [0.4, 0.5) is 5.82 Å². The van der Waals surface area contributed by atoms with Crippen LogP contribution in [0.5, 0.6) is 0 Å². The molecule has 0 saturated heterocycles. The Morgan fingerprint density at radius 2 is 1.86 bits per heavy atom. The second kappa shape index (κ2) is 8.25. The van der Waals surface area contributed by atoms with Gasteiger partial charge in [0.25, 0.3) is 0 Å². The number of nitrogens with one attached hydrogen (secondary N) is 1. The molecule has 1 aromatic carbocycles. The first kappa shape index (κ1) is 16.1. The number of aromatic nitrogens is 2. The number of anilines is 1. The highest BCUT2D eigenvalue weighted by molar-refractivity contribution is 7.99. The largest absolute Gasteiger partial charge is 0.370 e. The van der Waals surface area contributed by atoms with E-state index in [1.807, 2.05) is 30.3 Å². The third-order valence-electron chi connectivity index (χ3n) is 2.81. The molecule has 0 unspecified atom stereocenters. The molecule has 3 nitrogen and oxygen atoms in total. The molecule has 21 heavy (non-hydrogen) atoms. The van der Waals surface area contributed by atoms with Crippen LogP contribution in [0.25, 0.3) is 0 Å². The van der Waals surface area contributed by atoms with Crippen LogP contribution in [-0.2, 0) is 6.42 Å². The molecule has 2 aromatic rings. The van der Waals surface area contributed by atoms with Crippen molar-refractivity contribution in [1.29, 1.82) is 0 Å². The maximum atomic E-state index is 5.92. The average Bonchev–Trinajstić information content (AvgIpc) is 2.48. The molecule has 2 rings (SSSR count). The van der Waals surface area contributed by atoms with Crippen LogP contribution in [0, 0.1) is 0 Å². The zero-order chi connectivity index (χ0) is 15.1. The summed E-state index contributed by atoms with van der Waals surface area (Å²) >= 11 is 7.55. The summed E-state index contributed by atoms with van der Waals surface area (Å²) in [6.07, 6.45) is 3.02. The molecule has 112 valence electrons. The lowest BCUT2D eigenvalue weighted by Crippen LogP contribution is -2.05. The molecule has 0 spiro atoms. The van der Waals surface area contributed by atoms with Crippen molar-refractivity contribution in [2.75, 3.05) is 11.9 Å². The highest BCUT2D eigenvalue weighted by Crippen LogP contribution is 2.28. The fourth-order valence-corrected chi connectivity index (χ4v) is 2.79. The zero-order valence-corrected chi connectivity index (χ0v) is 14.0. The first-order valence-electron chi connectivity index (χ1n) is 7.26. The van der Waals surface area contributed by atoms with Crippen LogP contribution in [0.3, 0.4) is 0 Å². The van der Waals surface area contributed by atoms with Crippen LogP contribution in [0.2, 0.25) is 5.02 Å². The number of rotatable bonds is 7. The van der Waals surface area contributed by atoms with E-state index in [1.165, 1.54) is 0 Å². The number of halogens is 1. The minimum absolute atomic E-state index is 0.749. The summed E-state index contributed by atoms with van der Waals surface area (Å²) in [4.78, 5) is 10.3. The van der Waals surface area contributed by atoms with Gasteiger partial charge in [0.15, 0.2) is 0 Å². The first-order chi connectivity index (χ1) is 10.2. The molecule has 0 saturated carbocycles. The minimum Gasteiger partial charge on any atom is -0.370 e. The highest BCUT2D eigenvalue weighted by atomic mass is 35.5. The van der Waals surface area contributed by atoms with Crippen LogP contribution in [0.1, 0.15) is 32.5 Å². The topological polar surface area (TPSA) is 37.8 Å². The molecule has 0 fully saturated rings. The predicted molar refractivity (Wildman–Crippen MR) is 90.4 cm³/mol. The van der Waals surface area contributed by atoms with Crippen LogP contribution >= 0.6 is 23.4 Å². The molecule has 0 radical (unpaired) electrons. The van der Waals surface area contributed by atoms with Gasteiger partial charge in [-0.1, -0.05) is 37.2 Å². The Kier molecular flexibility index (Phi) is 6.33. The number of benzene rings is 1. The molecule has 0 atom stereocenters. The Morgan fingerprint density at radius 3 is 2.52 bits per heavy atom. The molecule has 0 amide bonds. The van der Waals surface area contributed by atoms with Crippen LogP contribution in [-0.4, -0.2) is 16.5 Å². The second-order valence-corrected chi connectivity index (χ2v) is 6.27. The smallest absolute Gasteiger partial charge is 0.132 e. The fraction of sp³-hybridized carbons (Fsp3) is 0.375. The van der Waals surface area contributed by atoms with E-state index >= 15 is 0 Å². The van der Waals surface area contributed by atoms with Crippen molar-refractivity contribution in [1.82, 2.24) is 9.97 Å². The number of hydrogen-bond donors (Lipinski definition) is 1. The quantitative estimate of drug-likeness (QED) is 0.724. The van der Waals surface area contributed by atoms with Gasteiger partial charge >= 0.3 is 0 Å². The fourth-order valence-electron chi connectivity index (χ4n) is 1.83. The van der Waals surface area contributed by atoms with Gasteiger partial charge in [-0.2, -0.15) is 0 Å². The predicted octanol–water partition coefficient (Wildman–Crippen LogP) is 5.06. The second-order valence-electron chi connectivity index (χ2n) is 4.74. The van der Waals surface area contributed by atoms with Gasteiger partial charge < -0.3 is 5.32 Å². The summed E-state index contributed by atoms with van der Waals surface area (Å²) in [7, 11) is 0. The van der Waals surface area contributed by atoms with E-state index in [2.05, 4.69) is 29.1 Å². The van der Waals surface area contributed by atoms with E-state index < -0.39 is 0 Å². The Balaban J connectivity index is 2.19. The first-order valence-corrected chi connectivity index (χ1v) is 8.46. The maximum Gasteiger partial charge on any atom is 0.132 e. The molecule has 1 N–H and O–H groups in total. The molecular weight excluding hydrogens is 302 g/mol. The monoisotopic (exact) mass is 321 g/mol. The molecule has 0 aliphatic heterocycles. The summed E-state index contributed by atoms with van der Waals surface area (Å²) in [6, 6.07) is 9.82. The highest BCUT2D eigenvalue weighted by Gasteiger charge is 2.06. The number of nitrogens with zero attached hydrogens (tertiary/aromatic N) is 2. The van der Waals surface area contributed by atoms with Crippen molar-refractivity contribution in [2.24, 2.45) is 0 Å². The Hall–Kier alpha value is -1.26. The number of hydrogen-bond acceptors (Lipinski definition) is 4. The molecule has 1 aromatic heterocycles. The Labute approximate surface area is 135 Å². The summed E-state index contributed by atoms with van der Waals surface area (Å²) in [5, 5.41) is 5.06. The zero-order valence-electron chi connectivity index (χ0n) is 12.4. The summed E-state index contributed by atoms with van der Waals surface area (Å²) in [5.41, 5.74) is 0. The van der Waals surface area contributed by atoms with Crippen molar-refractivity contribution >= 4 is 29.2 Å². The molecular formula is C16H20ClN3S. The van der Waals surface area contributed by atoms with Gasteiger partial charge in [0, 0.05) is 29.0 Å². The minimum atomic E-state index is 0.749. The Bertz CT molecular complexity index is 572. The third kappa shape index (κ3) is 5.21. The van der Waals surface area contributed by atoms with Crippen molar-refractivity contribution in [3.05, 3.63) is 41.2 Å². The van der Waals surface area contributed by atoms with Crippen LogP contribution in [0.15, 0.2) is 40.3 Å². The standard InChI is InChI=1S/C16H20ClN3S/c1-3-5-14-19-15(18-10-4-2)11-16(20-14)21-13-8-6-12(17)7-9-13/h6-9,11H,3-5,10H2,1-2H3,(H,18,19,20). The van der Waals surface area contributed by atoms with E-state index in [4.69, 9.17) is 11.6 Å². The normalized spacial score (nSPS) is 10.6. The van der Waals surface area contributed by atoms with Crippen molar-refractivity contribution < 1.29 is 0 Å². The molecule has 5 heteroatoms. The lowest BCUT2D eigenvalue weighted by Gasteiger charge is -2.09. The maximum absolute atomic E-state index is 5.92. The molecule has 0 aliphatic rings. The van der Waals surface area contributed by atoms with E-state index in [0.29, 0.717) is 0 Å². The van der Waals surface area contributed by atoms with E-state index in [-0.39, 0.29) is 0 Å². The van der Waals surface area contributed by atoms with Gasteiger partial charge in [0.2, 0.25) is 0 Å². The van der Waals surface area contributed by atoms with Crippen LogP contribution < -0.4 is 5.32 Å². The van der Waals surface area contributed by atoms with E-state index in [0.717, 1.165) is 52.4 Å². The summed E-state index contributed by atoms with van der Waals surface area (Å²) < 4.78 is 0. The van der Waals surface area contributed by atoms with Gasteiger partial charge in [-0.25, -0.2) is 9.97 Å². The van der Waals surface area contributed by atoms with Gasteiger partial charge in [-0.15, -0.1) is 0 Å². The molecule has 1 heterocycles. The van der Waals surface area contributed by atoms with Crippen molar-refractivity contribution in [3.63, 3.8) is 0 Å². The van der Waals surface area contributed by atoms with Gasteiger partial charge in [0.05, 0.1) is 0 Å². The lowest BCUT2D eigenvalue weighted by atomic mass is 10.3. The van der Waals surface area contributed by atoms with Crippen molar-refractivity contribution in [3.8, 4) is 0 Å².